The lowest BCUT2D eigenvalue weighted by Gasteiger charge is -2.22. The van der Waals surface area contributed by atoms with Crippen molar-refractivity contribution in [3.8, 4) is 0 Å². The second kappa shape index (κ2) is 4.35. The monoisotopic (exact) mass is 209 g/mol. The van der Waals surface area contributed by atoms with Crippen LogP contribution in [0, 0.1) is 11.8 Å². The topological polar surface area (TPSA) is 49.3 Å². The van der Waals surface area contributed by atoms with E-state index in [2.05, 4.69) is 5.32 Å². The highest BCUT2D eigenvalue weighted by Gasteiger charge is 2.38. The van der Waals surface area contributed by atoms with Gasteiger partial charge in [0.1, 0.15) is 0 Å². The van der Waals surface area contributed by atoms with Gasteiger partial charge in [0.15, 0.2) is 0 Å². The third kappa shape index (κ3) is 2.40. The number of fused-ring (bicyclic) bond motifs is 2. The maximum atomic E-state index is 10.6. The van der Waals surface area contributed by atoms with Crippen LogP contribution in [0.2, 0.25) is 0 Å². The Morgan fingerprint density at radius 3 is 2.80 bits per heavy atom. The second-order valence-corrected chi connectivity index (χ2v) is 4.88. The van der Waals surface area contributed by atoms with Crippen LogP contribution in [-0.4, -0.2) is 23.7 Å². The summed E-state index contributed by atoms with van der Waals surface area (Å²) in [7, 11) is 0. The summed E-state index contributed by atoms with van der Waals surface area (Å²) in [6.45, 7) is 2.34. The summed E-state index contributed by atoms with van der Waals surface area (Å²) >= 11 is 0. The van der Waals surface area contributed by atoms with E-state index in [1.165, 1.54) is 25.7 Å². The van der Waals surface area contributed by atoms with Crippen molar-refractivity contribution < 1.29 is 9.90 Å². The minimum atomic E-state index is -0.815. The van der Waals surface area contributed by atoms with Crippen molar-refractivity contribution in [3.63, 3.8) is 0 Å². The number of carboxylic acid groups (broad SMARTS) is 1. The number of carboxylic acids is 1. The first-order valence-electron chi connectivity index (χ1n) is 5.80. The van der Waals surface area contributed by atoms with Crippen molar-refractivity contribution in [1.29, 1.82) is 0 Å². The van der Waals surface area contributed by atoms with Gasteiger partial charge in [-0.2, -0.15) is 0 Å². The zero-order chi connectivity index (χ0) is 10.8. The van der Waals surface area contributed by atoms with Crippen LogP contribution < -0.4 is 5.32 Å². The van der Waals surface area contributed by atoms with Crippen molar-refractivity contribution >= 4 is 5.97 Å². The van der Waals surface area contributed by atoms with Gasteiger partial charge in [0.25, 0.3) is 0 Å². The van der Waals surface area contributed by atoms with E-state index < -0.39 is 5.97 Å². The number of rotatable bonds is 4. The lowest BCUT2D eigenvalue weighted by atomic mass is 9.95. The lowest BCUT2D eigenvalue weighted by molar-refractivity contribution is -0.132. The minimum absolute atomic E-state index is 0.436. The van der Waals surface area contributed by atoms with Crippen LogP contribution >= 0.6 is 0 Å². The molecule has 3 nitrogen and oxygen atoms in total. The zero-order valence-electron chi connectivity index (χ0n) is 9.20. The molecule has 15 heavy (non-hydrogen) atoms. The molecule has 3 unspecified atom stereocenters. The first-order chi connectivity index (χ1) is 7.16. The quantitative estimate of drug-likeness (QED) is 0.694. The number of nitrogens with one attached hydrogen (secondary N) is 1. The molecule has 3 atom stereocenters. The smallest absolute Gasteiger partial charge is 0.330 e. The number of hydrogen-bond acceptors (Lipinski definition) is 2. The zero-order valence-corrected chi connectivity index (χ0v) is 9.20. The predicted octanol–water partition coefficient (Wildman–Crippen LogP) is 1.80. The number of hydrogen-bond donors (Lipinski definition) is 2. The molecule has 0 amide bonds. The Kier molecular flexibility index (Phi) is 3.10. The summed E-state index contributed by atoms with van der Waals surface area (Å²) in [5.74, 6) is 0.982. The molecule has 2 fully saturated rings. The van der Waals surface area contributed by atoms with Crippen molar-refractivity contribution in [2.75, 3.05) is 6.54 Å². The van der Waals surface area contributed by atoms with E-state index in [0.29, 0.717) is 18.2 Å². The second-order valence-electron chi connectivity index (χ2n) is 4.88. The molecule has 0 aromatic heterocycles. The predicted molar refractivity (Wildman–Crippen MR) is 58.6 cm³/mol. The highest BCUT2D eigenvalue weighted by atomic mass is 16.4. The Morgan fingerprint density at radius 2 is 2.27 bits per heavy atom. The number of aliphatic carboxylic acids is 1. The van der Waals surface area contributed by atoms with Gasteiger partial charge in [0, 0.05) is 18.2 Å². The van der Waals surface area contributed by atoms with E-state index in [-0.39, 0.29) is 0 Å². The number of carbonyl (C=O) groups is 1. The maximum Gasteiger partial charge on any atom is 0.330 e. The van der Waals surface area contributed by atoms with Gasteiger partial charge in [-0.15, -0.1) is 0 Å². The molecule has 2 N–H and O–H groups in total. The highest BCUT2D eigenvalue weighted by molar-refractivity contribution is 5.85. The Hall–Kier alpha value is -0.830. The van der Waals surface area contributed by atoms with Crippen LogP contribution in [-0.2, 0) is 4.79 Å². The summed E-state index contributed by atoms with van der Waals surface area (Å²) in [6.07, 6.45) is 7.23. The normalized spacial score (nSPS) is 34.7. The molecule has 0 heterocycles. The average molecular weight is 209 g/mol. The summed E-state index contributed by atoms with van der Waals surface area (Å²) < 4.78 is 0. The van der Waals surface area contributed by atoms with E-state index in [1.807, 2.05) is 0 Å². The van der Waals surface area contributed by atoms with Gasteiger partial charge in [0.2, 0.25) is 0 Å². The van der Waals surface area contributed by atoms with Crippen LogP contribution in [0.3, 0.4) is 0 Å². The molecule has 0 spiro atoms. The van der Waals surface area contributed by atoms with Gasteiger partial charge < -0.3 is 10.4 Å². The third-order valence-electron chi connectivity index (χ3n) is 3.86. The summed E-state index contributed by atoms with van der Waals surface area (Å²) in [4.78, 5) is 10.6. The van der Waals surface area contributed by atoms with E-state index in [1.54, 1.807) is 13.0 Å². The van der Waals surface area contributed by atoms with E-state index in [9.17, 15) is 4.79 Å². The molecule has 0 radical (unpaired) electrons. The summed E-state index contributed by atoms with van der Waals surface area (Å²) in [6, 6.07) is 0.640. The molecule has 84 valence electrons. The standard InChI is InChI=1S/C12H19NO2/c1-8(12(14)15)4-5-13-11-7-9-2-3-10(11)6-9/h4,9-11,13H,2-3,5-7H2,1H3,(H,14,15). The molecule has 2 bridgehead atoms. The Balaban J connectivity index is 1.75. The van der Waals surface area contributed by atoms with E-state index in [0.717, 1.165) is 11.8 Å². The van der Waals surface area contributed by atoms with Crippen molar-refractivity contribution in [3.05, 3.63) is 11.6 Å². The molecule has 2 rings (SSSR count). The van der Waals surface area contributed by atoms with Crippen molar-refractivity contribution in [1.82, 2.24) is 5.32 Å². The molecule has 2 aliphatic carbocycles. The Labute approximate surface area is 90.6 Å². The van der Waals surface area contributed by atoms with Crippen LogP contribution in [0.15, 0.2) is 11.6 Å². The van der Waals surface area contributed by atoms with E-state index in [4.69, 9.17) is 5.11 Å². The summed E-state index contributed by atoms with van der Waals surface area (Å²) in [5, 5.41) is 12.1. The van der Waals surface area contributed by atoms with Crippen LogP contribution in [0.5, 0.6) is 0 Å². The Bertz CT molecular complexity index is 285. The summed E-state index contributed by atoms with van der Waals surface area (Å²) in [5.41, 5.74) is 0.436. The largest absolute Gasteiger partial charge is 0.478 e. The maximum absolute atomic E-state index is 10.6. The van der Waals surface area contributed by atoms with Crippen molar-refractivity contribution in [2.45, 2.75) is 38.6 Å². The molecule has 0 aliphatic heterocycles. The van der Waals surface area contributed by atoms with Crippen molar-refractivity contribution in [2.24, 2.45) is 11.8 Å². The minimum Gasteiger partial charge on any atom is -0.478 e. The van der Waals surface area contributed by atoms with Gasteiger partial charge >= 0.3 is 5.97 Å². The molecule has 3 heteroatoms. The van der Waals surface area contributed by atoms with E-state index >= 15 is 0 Å². The molecule has 0 aromatic rings. The fourth-order valence-corrected chi connectivity index (χ4v) is 2.95. The first-order valence-corrected chi connectivity index (χ1v) is 5.80. The lowest BCUT2D eigenvalue weighted by Crippen LogP contribution is -2.34. The Morgan fingerprint density at radius 1 is 1.47 bits per heavy atom. The van der Waals surface area contributed by atoms with Crippen LogP contribution in [0.1, 0.15) is 32.6 Å². The SMILES string of the molecule is CC(=CCNC1CC2CCC1C2)C(=O)O. The molecule has 0 aromatic carbocycles. The van der Waals surface area contributed by atoms with Gasteiger partial charge in [-0.3, -0.25) is 0 Å². The first kappa shape index (κ1) is 10.7. The fraction of sp³-hybridized carbons (Fsp3) is 0.750. The average Bonchev–Trinajstić information content (AvgIpc) is 2.78. The van der Waals surface area contributed by atoms with Crippen LogP contribution in [0.4, 0.5) is 0 Å². The van der Waals surface area contributed by atoms with Gasteiger partial charge in [-0.25, -0.2) is 4.79 Å². The third-order valence-corrected chi connectivity index (χ3v) is 3.86. The molecule has 2 aliphatic rings. The van der Waals surface area contributed by atoms with Crippen LogP contribution in [0.25, 0.3) is 0 Å². The van der Waals surface area contributed by atoms with Gasteiger partial charge in [-0.1, -0.05) is 12.5 Å². The van der Waals surface area contributed by atoms with Gasteiger partial charge in [-0.05, 0) is 38.0 Å². The highest BCUT2D eigenvalue weighted by Crippen LogP contribution is 2.44. The van der Waals surface area contributed by atoms with Gasteiger partial charge in [0.05, 0.1) is 0 Å². The molecule has 0 saturated heterocycles. The fourth-order valence-electron chi connectivity index (χ4n) is 2.95. The molecule has 2 saturated carbocycles. The molecular formula is C12H19NO2. The molecular weight excluding hydrogens is 190 g/mol.